The molecule has 0 radical (unpaired) electrons. The Balaban J connectivity index is 1.63. The summed E-state index contributed by atoms with van der Waals surface area (Å²) < 4.78 is 60.3. The fraction of sp³-hybridized carbons (Fsp3) is 0.409. The van der Waals surface area contributed by atoms with Crippen LogP contribution in [0.1, 0.15) is 25.7 Å². The van der Waals surface area contributed by atoms with Gasteiger partial charge in [0.05, 0.1) is 22.7 Å². The van der Waals surface area contributed by atoms with Crippen molar-refractivity contribution < 1.29 is 21.9 Å². The molecule has 3 aromatic rings. The fourth-order valence-electron chi connectivity index (χ4n) is 4.04. The molecule has 164 valence electrons. The number of aromatic amines is 1. The summed E-state index contributed by atoms with van der Waals surface area (Å²) in [6, 6.07) is 6.28. The maximum absolute atomic E-state index is 13.7. The Hall–Kier alpha value is -2.68. The highest BCUT2D eigenvalue weighted by atomic mass is 32.2. The van der Waals surface area contributed by atoms with Crippen LogP contribution in [0.25, 0.3) is 22.0 Å². The Morgan fingerprint density at radius 3 is 2.61 bits per heavy atom. The molecule has 0 aliphatic heterocycles. The van der Waals surface area contributed by atoms with Gasteiger partial charge in [-0.25, -0.2) is 17.2 Å². The van der Waals surface area contributed by atoms with Crippen LogP contribution in [0.4, 0.5) is 8.78 Å². The van der Waals surface area contributed by atoms with E-state index in [1.807, 2.05) is 0 Å². The summed E-state index contributed by atoms with van der Waals surface area (Å²) in [7, 11) is -1.86. The fourth-order valence-corrected chi connectivity index (χ4v) is 5.72. The van der Waals surface area contributed by atoms with E-state index >= 15 is 0 Å². The van der Waals surface area contributed by atoms with Gasteiger partial charge in [0.1, 0.15) is 11.3 Å². The average Bonchev–Trinajstić information content (AvgIpc) is 3.48. The third kappa shape index (κ3) is 3.35. The first kappa shape index (κ1) is 20.2. The Morgan fingerprint density at radius 1 is 1.19 bits per heavy atom. The zero-order valence-corrected chi connectivity index (χ0v) is 17.7. The maximum atomic E-state index is 13.7. The smallest absolute Gasteiger partial charge is 0.274 e. The molecule has 2 aromatic heterocycles. The first-order valence-electron chi connectivity index (χ1n) is 10.2. The zero-order chi connectivity index (χ0) is 22.0. The van der Waals surface area contributed by atoms with Gasteiger partial charge in [-0.1, -0.05) is 0 Å². The van der Waals surface area contributed by atoms with E-state index in [0.717, 1.165) is 0 Å². The highest BCUT2D eigenvalue weighted by Crippen LogP contribution is 2.44. The van der Waals surface area contributed by atoms with Crippen molar-refractivity contribution in [1.29, 1.82) is 0 Å². The first-order chi connectivity index (χ1) is 14.7. The van der Waals surface area contributed by atoms with Crippen molar-refractivity contribution in [1.82, 2.24) is 9.55 Å². The molecule has 0 spiro atoms. The second-order valence-corrected chi connectivity index (χ2v) is 10.7. The molecular formula is C22H22F2N2O4S. The number of alkyl halides is 2. The Kier molecular flexibility index (Phi) is 4.51. The van der Waals surface area contributed by atoms with Crippen LogP contribution < -0.4 is 10.3 Å². The van der Waals surface area contributed by atoms with Crippen LogP contribution in [0.15, 0.2) is 46.3 Å². The van der Waals surface area contributed by atoms with Crippen LogP contribution in [0.2, 0.25) is 0 Å². The van der Waals surface area contributed by atoms with E-state index in [1.54, 1.807) is 25.5 Å². The van der Waals surface area contributed by atoms with Gasteiger partial charge in [-0.05, 0) is 43.5 Å². The predicted molar refractivity (Wildman–Crippen MR) is 112 cm³/mol. The number of ether oxygens (including phenoxy) is 1. The van der Waals surface area contributed by atoms with Crippen molar-refractivity contribution in [2.24, 2.45) is 13.0 Å². The number of hydrogen-bond donors (Lipinski definition) is 1. The van der Waals surface area contributed by atoms with E-state index in [-0.39, 0.29) is 28.7 Å². The Bertz CT molecular complexity index is 1340. The third-order valence-electron chi connectivity index (χ3n) is 6.29. The molecule has 0 amide bonds. The number of pyridine rings is 1. The summed E-state index contributed by atoms with van der Waals surface area (Å²) in [6.45, 7) is -0.156. The van der Waals surface area contributed by atoms with Gasteiger partial charge in [0.2, 0.25) is 0 Å². The largest absolute Gasteiger partial charge is 0.492 e. The minimum atomic E-state index is -3.47. The second-order valence-electron chi connectivity index (χ2n) is 8.44. The molecule has 2 heterocycles. The molecule has 1 N–H and O–H groups in total. The quantitative estimate of drug-likeness (QED) is 0.620. The summed E-state index contributed by atoms with van der Waals surface area (Å²) >= 11 is 0. The normalized spacial score (nSPS) is 20.5. The van der Waals surface area contributed by atoms with Crippen molar-refractivity contribution in [2.75, 3.05) is 6.61 Å². The molecule has 1 aromatic carbocycles. The molecule has 0 bridgehead atoms. The molecule has 1 atom stereocenters. The number of benzene rings is 1. The van der Waals surface area contributed by atoms with Gasteiger partial charge in [-0.15, -0.1) is 0 Å². The third-order valence-corrected chi connectivity index (χ3v) is 8.55. The number of aryl methyl sites for hydroxylation is 1. The summed E-state index contributed by atoms with van der Waals surface area (Å²) in [6.07, 6.45) is 4.76. The van der Waals surface area contributed by atoms with Gasteiger partial charge in [-0.2, -0.15) is 0 Å². The minimum absolute atomic E-state index is 0.142. The molecule has 2 aliphatic carbocycles. The van der Waals surface area contributed by atoms with Crippen molar-refractivity contribution in [3.8, 4) is 16.9 Å². The predicted octanol–water partition coefficient (Wildman–Crippen LogP) is 3.89. The van der Waals surface area contributed by atoms with Gasteiger partial charge < -0.3 is 14.3 Å². The Labute approximate surface area is 177 Å². The van der Waals surface area contributed by atoms with E-state index in [2.05, 4.69) is 4.98 Å². The van der Waals surface area contributed by atoms with E-state index in [4.69, 9.17) is 4.74 Å². The van der Waals surface area contributed by atoms with Crippen molar-refractivity contribution in [2.45, 2.75) is 41.8 Å². The van der Waals surface area contributed by atoms with Crippen LogP contribution in [0, 0.1) is 5.92 Å². The first-order valence-corrected chi connectivity index (χ1v) is 11.8. The summed E-state index contributed by atoms with van der Waals surface area (Å²) in [5.41, 5.74) is 1.22. The van der Waals surface area contributed by atoms with Crippen LogP contribution in [-0.4, -0.2) is 35.7 Å². The number of fused-ring (bicyclic) bond motifs is 1. The monoisotopic (exact) mass is 448 g/mol. The molecule has 0 saturated heterocycles. The highest BCUT2D eigenvalue weighted by molar-refractivity contribution is 7.92. The van der Waals surface area contributed by atoms with E-state index in [1.165, 1.54) is 22.8 Å². The summed E-state index contributed by atoms with van der Waals surface area (Å²) in [4.78, 5) is 15.5. The van der Waals surface area contributed by atoms with Gasteiger partial charge in [0.25, 0.3) is 11.5 Å². The number of H-pyrrole nitrogens is 1. The van der Waals surface area contributed by atoms with Crippen LogP contribution in [0.3, 0.4) is 0 Å². The topological polar surface area (TPSA) is 81.2 Å². The van der Waals surface area contributed by atoms with Gasteiger partial charge in [0.15, 0.2) is 9.84 Å². The molecule has 31 heavy (non-hydrogen) atoms. The number of sulfone groups is 1. The second kappa shape index (κ2) is 6.91. The van der Waals surface area contributed by atoms with Gasteiger partial charge in [-0.3, -0.25) is 4.79 Å². The molecule has 6 nitrogen and oxygen atoms in total. The molecule has 2 fully saturated rings. The number of hydrogen-bond acceptors (Lipinski definition) is 4. The van der Waals surface area contributed by atoms with Crippen molar-refractivity contribution in [3.05, 3.63) is 47.0 Å². The molecular weight excluding hydrogens is 426 g/mol. The van der Waals surface area contributed by atoms with Crippen LogP contribution in [-0.2, 0) is 16.9 Å². The van der Waals surface area contributed by atoms with Crippen molar-refractivity contribution >= 4 is 20.7 Å². The van der Waals surface area contributed by atoms with Gasteiger partial charge >= 0.3 is 0 Å². The van der Waals surface area contributed by atoms with E-state index in [9.17, 15) is 22.0 Å². The number of aromatic nitrogens is 2. The molecule has 5 rings (SSSR count). The Morgan fingerprint density at radius 2 is 1.97 bits per heavy atom. The molecule has 9 heteroatoms. The minimum Gasteiger partial charge on any atom is -0.492 e. The molecule has 2 saturated carbocycles. The summed E-state index contributed by atoms with van der Waals surface area (Å²) in [5, 5.41) is 0.232. The lowest BCUT2D eigenvalue weighted by molar-refractivity contribution is -0.143. The molecule has 2 aliphatic rings. The van der Waals surface area contributed by atoms with E-state index < -0.39 is 21.7 Å². The SMILES string of the molecule is Cn1cc(-c2cc(S(=O)(=O)C3CC3)ccc2OCC2CCC2(F)F)c2cc[nH]c2c1=O. The van der Waals surface area contributed by atoms with Crippen LogP contribution >= 0.6 is 0 Å². The lowest BCUT2D eigenvalue weighted by atomic mass is 9.81. The van der Waals surface area contributed by atoms with Crippen LogP contribution in [0.5, 0.6) is 5.75 Å². The number of nitrogens with one attached hydrogen (secondary N) is 1. The number of nitrogens with zero attached hydrogens (tertiary/aromatic N) is 1. The lowest BCUT2D eigenvalue weighted by Gasteiger charge is -2.36. The van der Waals surface area contributed by atoms with E-state index in [0.29, 0.717) is 47.0 Å². The highest BCUT2D eigenvalue weighted by Gasteiger charge is 2.48. The summed E-state index contributed by atoms with van der Waals surface area (Å²) in [5.74, 6) is -3.28. The number of rotatable bonds is 6. The molecule has 1 unspecified atom stereocenters. The van der Waals surface area contributed by atoms with Gasteiger partial charge in [0, 0.05) is 42.4 Å². The lowest BCUT2D eigenvalue weighted by Crippen LogP contribution is -2.42. The van der Waals surface area contributed by atoms with Crippen molar-refractivity contribution in [3.63, 3.8) is 0 Å². The zero-order valence-electron chi connectivity index (χ0n) is 16.9. The standard InChI is InChI=1S/C22H22F2N2O4S/c1-26-11-18(16-7-9-25-20(16)21(26)27)17-10-15(31(28,29)14-2-3-14)4-5-19(17)30-12-13-6-8-22(13,23)24/h4-5,7,9-11,13-14,25H,2-3,6,8,12H2,1H3. The maximum Gasteiger partial charge on any atom is 0.274 e. The number of halogens is 2. The average molecular weight is 448 g/mol.